The fourth-order valence-corrected chi connectivity index (χ4v) is 4.40. The Morgan fingerprint density at radius 3 is 1.97 bits per heavy atom. The second-order valence-electron chi connectivity index (χ2n) is 7.89. The first-order valence-electron chi connectivity index (χ1n) is 10.3. The molecule has 30 heavy (non-hydrogen) atoms. The summed E-state index contributed by atoms with van der Waals surface area (Å²) in [5, 5.41) is 9.81. The third-order valence-corrected chi connectivity index (χ3v) is 6.05. The molecule has 0 bridgehead atoms. The van der Waals surface area contributed by atoms with Crippen LogP contribution in [-0.4, -0.2) is 57.5 Å². The SMILES string of the molecule is Cc1ccccc1N1CCN(CC(=O)C(C#N)=C2N(C)c3ccccc3N2C)CC1. The van der Waals surface area contributed by atoms with Crippen molar-refractivity contribution in [3.63, 3.8) is 0 Å². The van der Waals surface area contributed by atoms with Crippen molar-refractivity contribution in [2.45, 2.75) is 6.92 Å². The summed E-state index contributed by atoms with van der Waals surface area (Å²) in [5.41, 5.74) is 4.75. The van der Waals surface area contributed by atoms with E-state index in [-0.39, 0.29) is 17.9 Å². The molecule has 1 fully saturated rings. The zero-order chi connectivity index (χ0) is 21.3. The summed E-state index contributed by atoms with van der Waals surface area (Å²) in [6.07, 6.45) is 0. The number of Topliss-reactive ketones (excluding diaryl/α,β-unsaturated/α-hetero) is 1. The number of carbonyl (C=O) groups excluding carboxylic acids is 1. The zero-order valence-corrected chi connectivity index (χ0v) is 17.8. The lowest BCUT2D eigenvalue weighted by Crippen LogP contribution is -2.48. The predicted octanol–water partition coefficient (Wildman–Crippen LogP) is 3.01. The number of hydrogen-bond donors (Lipinski definition) is 0. The number of hydrogen-bond acceptors (Lipinski definition) is 6. The quantitative estimate of drug-likeness (QED) is 0.580. The smallest absolute Gasteiger partial charge is 0.191 e. The molecular weight excluding hydrogens is 374 g/mol. The first kappa shape index (κ1) is 20.0. The molecule has 1 saturated heterocycles. The number of ketones is 1. The Morgan fingerprint density at radius 2 is 1.43 bits per heavy atom. The fraction of sp³-hybridized carbons (Fsp3) is 0.333. The van der Waals surface area contributed by atoms with Crippen LogP contribution in [0.25, 0.3) is 0 Å². The van der Waals surface area contributed by atoms with E-state index >= 15 is 0 Å². The minimum absolute atomic E-state index is 0.122. The summed E-state index contributed by atoms with van der Waals surface area (Å²) in [6, 6.07) is 18.5. The summed E-state index contributed by atoms with van der Waals surface area (Å²) < 4.78 is 0. The first-order chi connectivity index (χ1) is 14.5. The highest BCUT2D eigenvalue weighted by molar-refractivity contribution is 6.03. The lowest BCUT2D eigenvalue weighted by molar-refractivity contribution is -0.116. The van der Waals surface area contributed by atoms with Crippen molar-refractivity contribution in [2.75, 3.05) is 61.5 Å². The number of nitrogens with zero attached hydrogens (tertiary/aromatic N) is 5. The zero-order valence-electron chi connectivity index (χ0n) is 17.8. The molecule has 2 aromatic rings. The molecule has 0 radical (unpaired) electrons. The molecule has 0 aliphatic carbocycles. The van der Waals surface area contributed by atoms with Crippen LogP contribution in [0.5, 0.6) is 0 Å². The summed E-state index contributed by atoms with van der Waals surface area (Å²) in [7, 11) is 3.81. The van der Waals surface area contributed by atoms with Gasteiger partial charge in [-0.15, -0.1) is 0 Å². The van der Waals surface area contributed by atoms with Gasteiger partial charge in [0.15, 0.2) is 5.78 Å². The number of anilines is 3. The second kappa shape index (κ2) is 8.21. The van der Waals surface area contributed by atoms with Gasteiger partial charge in [-0.2, -0.15) is 5.26 Å². The van der Waals surface area contributed by atoms with E-state index in [9.17, 15) is 10.1 Å². The number of para-hydroxylation sites is 3. The van der Waals surface area contributed by atoms with Crippen molar-refractivity contribution in [1.29, 1.82) is 5.26 Å². The third-order valence-electron chi connectivity index (χ3n) is 6.05. The minimum atomic E-state index is -0.122. The number of nitriles is 1. The Labute approximate surface area is 178 Å². The Morgan fingerprint density at radius 1 is 0.900 bits per heavy atom. The highest BCUT2D eigenvalue weighted by Gasteiger charge is 2.32. The van der Waals surface area contributed by atoms with Crippen LogP contribution >= 0.6 is 0 Å². The molecular formula is C24H27N5O. The van der Waals surface area contributed by atoms with Crippen LogP contribution in [0.1, 0.15) is 5.56 Å². The molecule has 0 saturated carbocycles. The average molecular weight is 402 g/mol. The van der Waals surface area contributed by atoms with Crippen LogP contribution in [0.4, 0.5) is 17.1 Å². The van der Waals surface area contributed by atoms with Crippen molar-refractivity contribution >= 4 is 22.8 Å². The minimum Gasteiger partial charge on any atom is -0.369 e. The predicted molar refractivity (Wildman–Crippen MR) is 121 cm³/mol. The highest BCUT2D eigenvalue weighted by atomic mass is 16.1. The number of carbonyl (C=O) groups is 1. The summed E-state index contributed by atoms with van der Waals surface area (Å²) in [4.78, 5) is 21.5. The fourth-order valence-electron chi connectivity index (χ4n) is 4.40. The van der Waals surface area contributed by atoms with Gasteiger partial charge in [-0.1, -0.05) is 30.3 Å². The van der Waals surface area contributed by atoms with Crippen LogP contribution in [0, 0.1) is 18.3 Å². The van der Waals surface area contributed by atoms with E-state index in [1.165, 1.54) is 11.3 Å². The van der Waals surface area contributed by atoms with Crippen molar-refractivity contribution < 1.29 is 4.79 Å². The van der Waals surface area contributed by atoms with E-state index in [1.807, 2.05) is 48.2 Å². The molecule has 0 N–H and O–H groups in total. The average Bonchev–Trinajstić information content (AvgIpc) is 3.01. The van der Waals surface area contributed by atoms with Crippen LogP contribution in [0.15, 0.2) is 59.9 Å². The molecule has 2 aliphatic heterocycles. The summed E-state index contributed by atoms with van der Waals surface area (Å²) in [5.74, 6) is 0.533. The van der Waals surface area contributed by atoms with Crippen LogP contribution in [0.2, 0.25) is 0 Å². The van der Waals surface area contributed by atoms with Gasteiger partial charge in [-0.3, -0.25) is 9.69 Å². The topological polar surface area (TPSA) is 53.8 Å². The molecule has 6 heteroatoms. The van der Waals surface area contributed by atoms with Gasteiger partial charge in [0.25, 0.3) is 0 Å². The van der Waals surface area contributed by atoms with Crippen molar-refractivity contribution in [2.24, 2.45) is 0 Å². The molecule has 0 unspecified atom stereocenters. The van der Waals surface area contributed by atoms with Crippen LogP contribution in [0.3, 0.4) is 0 Å². The highest BCUT2D eigenvalue weighted by Crippen LogP contribution is 2.40. The van der Waals surface area contributed by atoms with E-state index in [4.69, 9.17) is 0 Å². The van der Waals surface area contributed by atoms with Crippen molar-refractivity contribution in [3.8, 4) is 6.07 Å². The lowest BCUT2D eigenvalue weighted by Gasteiger charge is -2.36. The monoisotopic (exact) mass is 401 g/mol. The van der Waals surface area contributed by atoms with Gasteiger partial charge in [0.1, 0.15) is 17.5 Å². The molecule has 0 aromatic heterocycles. The van der Waals surface area contributed by atoms with E-state index in [1.54, 1.807) is 0 Å². The second-order valence-corrected chi connectivity index (χ2v) is 7.89. The molecule has 154 valence electrons. The third kappa shape index (κ3) is 3.53. The Hall–Kier alpha value is -3.30. The van der Waals surface area contributed by atoms with Gasteiger partial charge < -0.3 is 14.7 Å². The van der Waals surface area contributed by atoms with E-state index < -0.39 is 0 Å². The van der Waals surface area contributed by atoms with Crippen molar-refractivity contribution in [3.05, 3.63) is 65.5 Å². The van der Waals surface area contributed by atoms with E-state index in [2.05, 4.69) is 47.1 Å². The van der Waals surface area contributed by atoms with Gasteiger partial charge >= 0.3 is 0 Å². The van der Waals surface area contributed by atoms with E-state index in [0.29, 0.717) is 5.82 Å². The van der Waals surface area contributed by atoms with Gasteiger partial charge in [0, 0.05) is 46.0 Å². The largest absolute Gasteiger partial charge is 0.369 e. The van der Waals surface area contributed by atoms with Crippen molar-refractivity contribution in [1.82, 2.24) is 4.90 Å². The molecule has 4 rings (SSSR count). The van der Waals surface area contributed by atoms with Gasteiger partial charge in [-0.25, -0.2) is 0 Å². The maximum atomic E-state index is 13.1. The van der Waals surface area contributed by atoms with Gasteiger partial charge in [-0.05, 0) is 30.7 Å². The molecule has 2 heterocycles. The summed E-state index contributed by atoms with van der Waals surface area (Å²) >= 11 is 0. The van der Waals surface area contributed by atoms with E-state index in [0.717, 1.165) is 37.6 Å². The van der Waals surface area contributed by atoms with Gasteiger partial charge in [0.2, 0.25) is 0 Å². The van der Waals surface area contributed by atoms with Gasteiger partial charge in [0.05, 0.1) is 17.9 Å². The molecule has 0 amide bonds. The maximum absolute atomic E-state index is 13.1. The number of aryl methyl sites for hydroxylation is 1. The molecule has 6 nitrogen and oxygen atoms in total. The van der Waals surface area contributed by atoms with Crippen LogP contribution < -0.4 is 14.7 Å². The Bertz CT molecular complexity index is 999. The molecule has 2 aromatic carbocycles. The number of fused-ring (bicyclic) bond motifs is 1. The number of piperazine rings is 1. The molecule has 0 atom stereocenters. The lowest BCUT2D eigenvalue weighted by atomic mass is 10.1. The maximum Gasteiger partial charge on any atom is 0.191 e. The molecule has 2 aliphatic rings. The molecule has 0 spiro atoms. The number of benzene rings is 2. The standard InChI is InChI=1S/C24H27N5O/c1-18-8-4-5-9-20(18)29-14-12-28(13-15-29)17-23(30)19(16-25)24-26(2)21-10-6-7-11-22(21)27(24)3/h4-11H,12-15,17H2,1-3H3. The summed E-state index contributed by atoms with van der Waals surface area (Å²) in [6.45, 7) is 5.76. The normalized spacial score (nSPS) is 16.5. The Balaban J connectivity index is 1.46. The van der Waals surface area contributed by atoms with Crippen LogP contribution in [-0.2, 0) is 4.79 Å². The first-order valence-corrected chi connectivity index (χ1v) is 10.3. The number of rotatable bonds is 4. The Kier molecular flexibility index (Phi) is 5.47.